The van der Waals surface area contributed by atoms with Crippen LogP contribution in [0.2, 0.25) is 0 Å². The van der Waals surface area contributed by atoms with Gasteiger partial charge in [-0.3, -0.25) is 0 Å². The summed E-state index contributed by atoms with van der Waals surface area (Å²) >= 11 is 0. The molecule has 0 N–H and O–H groups in total. The van der Waals surface area contributed by atoms with Crippen molar-refractivity contribution in [3.63, 3.8) is 0 Å². The van der Waals surface area contributed by atoms with E-state index in [0.717, 1.165) is 13.0 Å². The van der Waals surface area contributed by atoms with Gasteiger partial charge in [0.15, 0.2) is 0 Å². The number of rotatable bonds is 6. The summed E-state index contributed by atoms with van der Waals surface area (Å²) in [4.78, 5) is 0. The van der Waals surface area contributed by atoms with Crippen molar-refractivity contribution in [3.05, 3.63) is 48.0 Å². The first-order valence-corrected chi connectivity index (χ1v) is 5.20. The minimum Gasteiger partial charge on any atom is -0.373 e. The van der Waals surface area contributed by atoms with Crippen molar-refractivity contribution in [2.45, 2.75) is 26.4 Å². The van der Waals surface area contributed by atoms with E-state index in [2.05, 4.69) is 31.2 Å². The fourth-order valence-corrected chi connectivity index (χ4v) is 1.17. The maximum atomic E-state index is 5.48. The molecule has 0 spiro atoms. The first-order chi connectivity index (χ1) is 6.93. The van der Waals surface area contributed by atoms with Gasteiger partial charge in [-0.25, -0.2) is 0 Å². The highest BCUT2D eigenvalue weighted by Gasteiger charge is 1.88. The summed E-state index contributed by atoms with van der Waals surface area (Å²) in [6.45, 7) is 3.60. The molecule has 14 heavy (non-hydrogen) atoms. The fraction of sp³-hybridized carbons (Fsp3) is 0.385. The Balaban J connectivity index is 2.10. The van der Waals surface area contributed by atoms with Crippen LogP contribution >= 0.6 is 0 Å². The fourth-order valence-electron chi connectivity index (χ4n) is 1.17. The van der Waals surface area contributed by atoms with Crippen LogP contribution in [0, 0.1) is 0 Å². The average molecular weight is 190 g/mol. The number of unbranched alkanes of at least 4 members (excludes halogenated alkanes) is 1. The van der Waals surface area contributed by atoms with E-state index < -0.39 is 0 Å². The van der Waals surface area contributed by atoms with Crippen molar-refractivity contribution >= 4 is 0 Å². The van der Waals surface area contributed by atoms with E-state index in [1.807, 2.05) is 18.2 Å². The van der Waals surface area contributed by atoms with Gasteiger partial charge in [0, 0.05) is 0 Å². The molecule has 1 aromatic rings. The van der Waals surface area contributed by atoms with E-state index in [1.165, 1.54) is 12.0 Å². The molecule has 0 aliphatic rings. The molecular formula is C13H18O. The second kappa shape index (κ2) is 7.34. The number of hydrogen-bond acceptors (Lipinski definition) is 1. The Morgan fingerprint density at radius 2 is 1.93 bits per heavy atom. The highest BCUT2D eigenvalue weighted by atomic mass is 16.5. The van der Waals surface area contributed by atoms with E-state index in [0.29, 0.717) is 6.61 Å². The van der Waals surface area contributed by atoms with E-state index in [-0.39, 0.29) is 0 Å². The van der Waals surface area contributed by atoms with Crippen molar-refractivity contribution in [1.29, 1.82) is 0 Å². The molecule has 0 aliphatic carbocycles. The standard InChI is InChI=1S/C13H18O/c1-2-3-4-8-11-14-12-13-9-6-5-7-10-13/h4-10H,2-3,11-12H2,1H3/b8-4-. The highest BCUT2D eigenvalue weighted by molar-refractivity contribution is 5.13. The van der Waals surface area contributed by atoms with Gasteiger partial charge in [0.2, 0.25) is 0 Å². The number of allylic oxidation sites excluding steroid dienone is 1. The normalized spacial score (nSPS) is 10.9. The lowest BCUT2D eigenvalue weighted by Gasteiger charge is -2.00. The summed E-state index contributed by atoms with van der Waals surface area (Å²) in [6.07, 6.45) is 6.61. The number of ether oxygens (including phenoxy) is 1. The zero-order chi connectivity index (χ0) is 10.1. The van der Waals surface area contributed by atoms with Crippen LogP contribution in [0.5, 0.6) is 0 Å². The second-order valence-corrected chi connectivity index (χ2v) is 3.26. The lowest BCUT2D eigenvalue weighted by Crippen LogP contribution is -1.91. The van der Waals surface area contributed by atoms with Crippen molar-refractivity contribution in [2.24, 2.45) is 0 Å². The molecule has 0 aromatic heterocycles. The van der Waals surface area contributed by atoms with Crippen LogP contribution in [0.4, 0.5) is 0 Å². The van der Waals surface area contributed by atoms with E-state index >= 15 is 0 Å². The number of benzene rings is 1. The summed E-state index contributed by atoms with van der Waals surface area (Å²) in [6, 6.07) is 10.2. The lowest BCUT2D eigenvalue weighted by molar-refractivity contribution is 0.148. The largest absolute Gasteiger partial charge is 0.373 e. The van der Waals surface area contributed by atoms with E-state index in [4.69, 9.17) is 4.74 Å². The Bertz CT molecular complexity index is 251. The molecule has 0 heterocycles. The van der Waals surface area contributed by atoms with Gasteiger partial charge >= 0.3 is 0 Å². The Morgan fingerprint density at radius 3 is 2.64 bits per heavy atom. The zero-order valence-electron chi connectivity index (χ0n) is 8.78. The van der Waals surface area contributed by atoms with Gasteiger partial charge in [-0.1, -0.05) is 55.8 Å². The van der Waals surface area contributed by atoms with Crippen LogP contribution in [0.15, 0.2) is 42.5 Å². The van der Waals surface area contributed by atoms with Gasteiger partial charge in [-0.2, -0.15) is 0 Å². The predicted octanol–water partition coefficient (Wildman–Crippen LogP) is 3.56. The first-order valence-electron chi connectivity index (χ1n) is 5.20. The van der Waals surface area contributed by atoms with Crippen LogP contribution in [0.3, 0.4) is 0 Å². The number of hydrogen-bond donors (Lipinski definition) is 0. The van der Waals surface area contributed by atoms with Crippen LogP contribution < -0.4 is 0 Å². The van der Waals surface area contributed by atoms with Crippen molar-refractivity contribution in [2.75, 3.05) is 6.61 Å². The molecule has 1 heteroatoms. The minimum atomic E-state index is 0.706. The van der Waals surface area contributed by atoms with Crippen molar-refractivity contribution in [1.82, 2.24) is 0 Å². The summed E-state index contributed by atoms with van der Waals surface area (Å²) in [5.74, 6) is 0. The third kappa shape index (κ3) is 4.83. The molecule has 0 saturated heterocycles. The molecule has 0 radical (unpaired) electrons. The van der Waals surface area contributed by atoms with Crippen LogP contribution in [0.1, 0.15) is 25.3 Å². The van der Waals surface area contributed by atoms with E-state index in [9.17, 15) is 0 Å². The quantitative estimate of drug-likeness (QED) is 0.492. The smallest absolute Gasteiger partial charge is 0.0721 e. The Labute approximate surface area is 86.4 Å². The van der Waals surface area contributed by atoms with Gasteiger partial charge in [-0.05, 0) is 12.0 Å². The lowest BCUT2D eigenvalue weighted by atomic mass is 10.2. The molecule has 0 bridgehead atoms. The molecule has 0 saturated carbocycles. The third-order valence-corrected chi connectivity index (χ3v) is 1.95. The summed E-state index contributed by atoms with van der Waals surface area (Å²) in [7, 11) is 0. The molecule has 0 atom stereocenters. The monoisotopic (exact) mass is 190 g/mol. The molecule has 1 aromatic carbocycles. The minimum absolute atomic E-state index is 0.706. The topological polar surface area (TPSA) is 9.23 Å². The summed E-state index contributed by atoms with van der Waals surface area (Å²) in [5, 5.41) is 0. The molecule has 0 unspecified atom stereocenters. The van der Waals surface area contributed by atoms with Crippen molar-refractivity contribution < 1.29 is 4.74 Å². The van der Waals surface area contributed by atoms with Crippen LogP contribution in [-0.4, -0.2) is 6.61 Å². The van der Waals surface area contributed by atoms with Gasteiger partial charge in [0.1, 0.15) is 0 Å². The predicted molar refractivity (Wildman–Crippen MR) is 60.1 cm³/mol. The summed E-state index contributed by atoms with van der Waals surface area (Å²) in [5.41, 5.74) is 1.23. The third-order valence-electron chi connectivity index (χ3n) is 1.95. The molecule has 1 nitrogen and oxygen atoms in total. The van der Waals surface area contributed by atoms with Gasteiger partial charge in [0.25, 0.3) is 0 Å². The molecule has 1 rings (SSSR count). The average Bonchev–Trinajstić information content (AvgIpc) is 2.25. The van der Waals surface area contributed by atoms with Gasteiger partial charge in [0.05, 0.1) is 13.2 Å². The molecular weight excluding hydrogens is 172 g/mol. The highest BCUT2D eigenvalue weighted by Crippen LogP contribution is 2.00. The summed E-state index contributed by atoms with van der Waals surface area (Å²) < 4.78 is 5.48. The Hall–Kier alpha value is -1.08. The van der Waals surface area contributed by atoms with Gasteiger partial charge < -0.3 is 4.74 Å². The Morgan fingerprint density at radius 1 is 1.14 bits per heavy atom. The van der Waals surface area contributed by atoms with E-state index in [1.54, 1.807) is 0 Å². The SMILES string of the molecule is CCC/C=C\COCc1ccccc1. The molecule has 0 amide bonds. The van der Waals surface area contributed by atoms with Crippen LogP contribution in [-0.2, 0) is 11.3 Å². The Kier molecular flexibility index (Phi) is 5.76. The molecule has 0 fully saturated rings. The maximum Gasteiger partial charge on any atom is 0.0721 e. The van der Waals surface area contributed by atoms with Crippen LogP contribution in [0.25, 0.3) is 0 Å². The molecule has 76 valence electrons. The molecule has 0 aliphatic heterocycles. The zero-order valence-corrected chi connectivity index (χ0v) is 8.78. The van der Waals surface area contributed by atoms with Gasteiger partial charge in [-0.15, -0.1) is 0 Å². The van der Waals surface area contributed by atoms with Crippen molar-refractivity contribution in [3.8, 4) is 0 Å². The second-order valence-electron chi connectivity index (χ2n) is 3.26. The maximum absolute atomic E-state index is 5.48. The first kappa shape index (κ1) is 11.0.